The molecule has 4 heteroatoms. The van der Waals surface area contributed by atoms with Crippen molar-refractivity contribution in [2.24, 2.45) is 0 Å². The molecule has 108 valence electrons. The lowest BCUT2D eigenvalue weighted by atomic mass is 10.2. The fourth-order valence-electron chi connectivity index (χ4n) is 2.51. The monoisotopic (exact) mass is 285 g/mol. The van der Waals surface area contributed by atoms with Crippen LogP contribution in [-0.2, 0) is 0 Å². The maximum atomic E-state index is 13.7. The van der Waals surface area contributed by atoms with Crippen molar-refractivity contribution in [2.45, 2.75) is 12.5 Å². The van der Waals surface area contributed by atoms with Crippen molar-refractivity contribution < 1.29 is 13.9 Å². The predicted octanol–water partition coefficient (Wildman–Crippen LogP) is 3.12. The first-order chi connectivity index (χ1) is 10.2. The first-order valence-corrected chi connectivity index (χ1v) is 6.99. The third kappa shape index (κ3) is 3.05. The molecular formula is C17H16FNO2. The number of carbonyl (C=O) groups is 1. The van der Waals surface area contributed by atoms with Gasteiger partial charge in [0, 0.05) is 13.0 Å². The Morgan fingerprint density at radius 3 is 2.57 bits per heavy atom. The van der Waals surface area contributed by atoms with Crippen LogP contribution < -0.4 is 4.74 Å². The molecular weight excluding hydrogens is 269 g/mol. The molecule has 21 heavy (non-hydrogen) atoms. The van der Waals surface area contributed by atoms with E-state index in [9.17, 15) is 9.18 Å². The Hall–Kier alpha value is -2.36. The van der Waals surface area contributed by atoms with Gasteiger partial charge in [-0.15, -0.1) is 0 Å². The van der Waals surface area contributed by atoms with Crippen LogP contribution in [0, 0.1) is 5.82 Å². The predicted molar refractivity (Wildman–Crippen MR) is 77.8 cm³/mol. The molecule has 0 bridgehead atoms. The minimum atomic E-state index is -0.477. The summed E-state index contributed by atoms with van der Waals surface area (Å²) in [6, 6.07) is 15.6. The lowest BCUT2D eigenvalue weighted by molar-refractivity contribution is 0.0768. The van der Waals surface area contributed by atoms with Crippen molar-refractivity contribution in [3.8, 4) is 5.75 Å². The second-order valence-corrected chi connectivity index (χ2v) is 5.07. The standard InChI is InChI=1S/C17H16FNO2/c18-16-9-5-4-8-15(16)17(20)19-11-10-14(12-19)21-13-6-2-1-3-7-13/h1-9,14H,10-12H2. The van der Waals surface area contributed by atoms with Gasteiger partial charge in [0.1, 0.15) is 17.7 Å². The second kappa shape index (κ2) is 5.95. The van der Waals surface area contributed by atoms with Gasteiger partial charge in [-0.25, -0.2) is 4.39 Å². The smallest absolute Gasteiger partial charge is 0.256 e. The summed E-state index contributed by atoms with van der Waals surface area (Å²) in [5.74, 6) is 0.0462. The van der Waals surface area contributed by atoms with E-state index in [-0.39, 0.29) is 17.6 Å². The molecule has 0 aromatic heterocycles. The number of para-hydroxylation sites is 1. The van der Waals surface area contributed by atoms with Crippen LogP contribution >= 0.6 is 0 Å². The summed E-state index contributed by atoms with van der Waals surface area (Å²) in [6.45, 7) is 1.08. The van der Waals surface area contributed by atoms with Gasteiger partial charge < -0.3 is 9.64 Å². The number of carbonyl (C=O) groups excluding carboxylic acids is 1. The van der Waals surface area contributed by atoms with Crippen molar-refractivity contribution in [1.29, 1.82) is 0 Å². The van der Waals surface area contributed by atoms with Gasteiger partial charge in [-0.3, -0.25) is 4.79 Å². The topological polar surface area (TPSA) is 29.5 Å². The molecule has 1 unspecified atom stereocenters. The largest absolute Gasteiger partial charge is 0.489 e. The summed E-state index contributed by atoms with van der Waals surface area (Å²) in [5.41, 5.74) is 0.123. The quantitative estimate of drug-likeness (QED) is 0.867. The molecule has 3 rings (SSSR count). The second-order valence-electron chi connectivity index (χ2n) is 5.07. The van der Waals surface area contributed by atoms with Crippen molar-refractivity contribution in [3.05, 3.63) is 66.0 Å². The van der Waals surface area contributed by atoms with Gasteiger partial charge in [0.05, 0.1) is 12.1 Å². The first-order valence-electron chi connectivity index (χ1n) is 6.99. The maximum absolute atomic E-state index is 13.7. The van der Waals surface area contributed by atoms with Crippen molar-refractivity contribution in [1.82, 2.24) is 4.90 Å². The lowest BCUT2D eigenvalue weighted by Crippen LogP contribution is -2.31. The van der Waals surface area contributed by atoms with E-state index in [0.29, 0.717) is 13.1 Å². The molecule has 3 nitrogen and oxygen atoms in total. The van der Waals surface area contributed by atoms with E-state index in [1.54, 1.807) is 17.0 Å². The summed E-state index contributed by atoms with van der Waals surface area (Å²) < 4.78 is 19.5. The average molecular weight is 285 g/mol. The molecule has 1 saturated heterocycles. The van der Waals surface area contributed by atoms with E-state index >= 15 is 0 Å². The lowest BCUT2D eigenvalue weighted by Gasteiger charge is -2.17. The molecule has 1 atom stereocenters. The molecule has 1 aliphatic heterocycles. The highest BCUT2D eigenvalue weighted by molar-refractivity contribution is 5.94. The molecule has 1 aliphatic rings. The number of halogens is 1. The van der Waals surface area contributed by atoms with Crippen LogP contribution in [0.1, 0.15) is 16.8 Å². The molecule has 0 radical (unpaired) electrons. The molecule has 0 spiro atoms. The summed E-state index contributed by atoms with van der Waals surface area (Å²) in [4.78, 5) is 13.9. The zero-order chi connectivity index (χ0) is 14.7. The highest BCUT2D eigenvalue weighted by Gasteiger charge is 2.29. The van der Waals surface area contributed by atoms with Crippen LogP contribution in [0.25, 0.3) is 0 Å². The summed E-state index contributed by atoms with van der Waals surface area (Å²) in [6.07, 6.45) is 0.720. The normalized spacial score (nSPS) is 17.8. The Labute approximate surface area is 123 Å². The van der Waals surface area contributed by atoms with Gasteiger partial charge in [-0.05, 0) is 24.3 Å². The van der Waals surface area contributed by atoms with Gasteiger partial charge in [-0.2, -0.15) is 0 Å². The maximum Gasteiger partial charge on any atom is 0.256 e. The summed E-state index contributed by atoms with van der Waals surface area (Å²) in [7, 11) is 0. The Bertz CT molecular complexity index is 630. The van der Waals surface area contributed by atoms with Crippen LogP contribution in [-0.4, -0.2) is 30.0 Å². The van der Waals surface area contributed by atoms with Crippen molar-refractivity contribution in [2.75, 3.05) is 13.1 Å². The molecule has 0 saturated carbocycles. The van der Waals surface area contributed by atoms with Gasteiger partial charge in [0.2, 0.25) is 0 Å². The molecule has 1 amide bonds. The third-order valence-electron chi connectivity index (χ3n) is 3.58. The number of hydrogen-bond donors (Lipinski definition) is 0. The Kier molecular flexibility index (Phi) is 3.86. The van der Waals surface area contributed by atoms with Gasteiger partial charge in [0.25, 0.3) is 5.91 Å². The molecule has 1 fully saturated rings. The third-order valence-corrected chi connectivity index (χ3v) is 3.58. The van der Waals surface area contributed by atoms with E-state index in [1.807, 2.05) is 30.3 Å². The number of likely N-dealkylation sites (tertiary alicyclic amines) is 1. The summed E-state index contributed by atoms with van der Waals surface area (Å²) >= 11 is 0. The van der Waals surface area contributed by atoms with Gasteiger partial charge >= 0.3 is 0 Å². The Balaban J connectivity index is 1.65. The van der Waals surface area contributed by atoms with E-state index in [2.05, 4.69) is 0 Å². The minimum Gasteiger partial charge on any atom is -0.489 e. The molecule has 2 aromatic carbocycles. The van der Waals surface area contributed by atoms with Crippen LogP contribution in [0.15, 0.2) is 54.6 Å². The average Bonchev–Trinajstić information content (AvgIpc) is 2.97. The number of hydrogen-bond acceptors (Lipinski definition) is 2. The van der Waals surface area contributed by atoms with Gasteiger partial charge in [-0.1, -0.05) is 30.3 Å². The Morgan fingerprint density at radius 2 is 1.81 bits per heavy atom. The van der Waals surface area contributed by atoms with Gasteiger partial charge in [0.15, 0.2) is 0 Å². The van der Waals surface area contributed by atoms with Crippen LogP contribution in [0.5, 0.6) is 5.75 Å². The number of benzene rings is 2. The first kappa shape index (κ1) is 13.6. The molecule has 0 aliphatic carbocycles. The van der Waals surface area contributed by atoms with E-state index in [1.165, 1.54) is 12.1 Å². The van der Waals surface area contributed by atoms with Crippen LogP contribution in [0.3, 0.4) is 0 Å². The van der Waals surface area contributed by atoms with Crippen LogP contribution in [0.4, 0.5) is 4.39 Å². The Morgan fingerprint density at radius 1 is 1.10 bits per heavy atom. The fourth-order valence-corrected chi connectivity index (χ4v) is 2.51. The highest BCUT2D eigenvalue weighted by Crippen LogP contribution is 2.20. The number of rotatable bonds is 3. The van der Waals surface area contributed by atoms with Crippen LogP contribution in [0.2, 0.25) is 0 Å². The molecule has 1 heterocycles. The number of ether oxygens (including phenoxy) is 1. The fraction of sp³-hybridized carbons (Fsp3) is 0.235. The molecule has 0 N–H and O–H groups in total. The summed E-state index contributed by atoms with van der Waals surface area (Å²) in [5, 5.41) is 0. The minimum absolute atomic E-state index is 0.0388. The van der Waals surface area contributed by atoms with E-state index < -0.39 is 5.82 Å². The zero-order valence-corrected chi connectivity index (χ0v) is 11.5. The number of nitrogens with zero attached hydrogens (tertiary/aromatic N) is 1. The zero-order valence-electron chi connectivity index (χ0n) is 11.5. The van der Waals surface area contributed by atoms with Crippen molar-refractivity contribution >= 4 is 5.91 Å². The SMILES string of the molecule is O=C(c1ccccc1F)N1CCC(Oc2ccccc2)C1. The number of amides is 1. The molecule has 2 aromatic rings. The van der Waals surface area contributed by atoms with E-state index in [0.717, 1.165) is 12.2 Å². The highest BCUT2D eigenvalue weighted by atomic mass is 19.1. The van der Waals surface area contributed by atoms with Crippen molar-refractivity contribution in [3.63, 3.8) is 0 Å². The van der Waals surface area contributed by atoms with E-state index in [4.69, 9.17) is 4.74 Å².